The second-order valence-corrected chi connectivity index (χ2v) is 7.05. The summed E-state index contributed by atoms with van der Waals surface area (Å²) in [6.45, 7) is 0. The van der Waals surface area contributed by atoms with E-state index in [-0.39, 0.29) is 21.7 Å². The molecule has 1 saturated carbocycles. The van der Waals surface area contributed by atoms with E-state index in [1.807, 2.05) is 0 Å². The van der Waals surface area contributed by atoms with Gasteiger partial charge in [0.1, 0.15) is 11.6 Å². The highest BCUT2D eigenvalue weighted by Gasteiger charge is 2.30. The number of nitrogens with zero attached hydrogens (tertiary/aromatic N) is 2. The van der Waals surface area contributed by atoms with Gasteiger partial charge in [0.05, 0.1) is 9.92 Å². The molecule has 0 aliphatic heterocycles. The first-order valence-electron chi connectivity index (χ1n) is 5.96. The minimum atomic E-state index is -3.69. The molecule has 1 aromatic heterocycles. The molecule has 8 heteroatoms. The van der Waals surface area contributed by atoms with Crippen LogP contribution in [0.5, 0.6) is 0 Å². The van der Waals surface area contributed by atoms with Crippen molar-refractivity contribution in [3.05, 3.63) is 40.8 Å². The van der Waals surface area contributed by atoms with Crippen LogP contribution in [0.2, 0.25) is 5.02 Å². The average Bonchev–Trinajstić information content (AvgIpc) is 3.14. The van der Waals surface area contributed by atoms with E-state index < -0.39 is 21.4 Å². The van der Waals surface area contributed by atoms with Gasteiger partial charge in [0.2, 0.25) is 5.89 Å². The van der Waals surface area contributed by atoms with Crippen molar-refractivity contribution in [3.63, 3.8) is 0 Å². The molecule has 1 aliphatic carbocycles. The molecule has 3 rings (SSSR count). The predicted molar refractivity (Wildman–Crippen MR) is 68.6 cm³/mol. The van der Waals surface area contributed by atoms with Gasteiger partial charge in [-0.15, -0.1) is 0 Å². The molecule has 0 spiro atoms. The number of hydrogen-bond acceptors (Lipinski definition) is 5. The van der Waals surface area contributed by atoms with Crippen LogP contribution in [-0.4, -0.2) is 18.6 Å². The molecule has 0 radical (unpaired) electrons. The van der Waals surface area contributed by atoms with Crippen molar-refractivity contribution in [2.75, 3.05) is 0 Å². The van der Waals surface area contributed by atoms with Crippen molar-refractivity contribution < 1.29 is 17.3 Å². The molecule has 0 amide bonds. The molecule has 106 valence electrons. The van der Waals surface area contributed by atoms with E-state index in [9.17, 15) is 12.8 Å². The van der Waals surface area contributed by atoms with Crippen LogP contribution in [0.25, 0.3) is 0 Å². The number of sulfone groups is 1. The van der Waals surface area contributed by atoms with E-state index in [1.165, 1.54) is 0 Å². The van der Waals surface area contributed by atoms with E-state index >= 15 is 0 Å². The molecule has 0 bridgehead atoms. The Kier molecular flexibility index (Phi) is 3.25. The average molecular weight is 317 g/mol. The third-order valence-electron chi connectivity index (χ3n) is 2.99. The molecule has 1 heterocycles. The second kappa shape index (κ2) is 4.82. The Morgan fingerprint density at radius 2 is 2.15 bits per heavy atom. The normalized spacial score (nSPS) is 15.5. The van der Waals surface area contributed by atoms with Gasteiger partial charge >= 0.3 is 0 Å². The third kappa shape index (κ3) is 2.69. The molecule has 1 fully saturated rings. The quantitative estimate of drug-likeness (QED) is 0.811. The molecule has 0 saturated heterocycles. The van der Waals surface area contributed by atoms with E-state index in [4.69, 9.17) is 16.1 Å². The minimum absolute atomic E-state index is 0.0346. The van der Waals surface area contributed by atoms with E-state index in [2.05, 4.69) is 10.1 Å². The van der Waals surface area contributed by atoms with Crippen LogP contribution < -0.4 is 0 Å². The van der Waals surface area contributed by atoms with Crippen LogP contribution in [0, 0.1) is 5.82 Å². The fourth-order valence-corrected chi connectivity index (χ4v) is 3.18. The maximum Gasteiger partial charge on any atom is 0.242 e. The minimum Gasteiger partial charge on any atom is -0.338 e. The molecule has 0 N–H and O–H groups in total. The summed E-state index contributed by atoms with van der Waals surface area (Å²) in [5, 5.41) is 3.51. The van der Waals surface area contributed by atoms with Crippen LogP contribution >= 0.6 is 11.6 Å². The Morgan fingerprint density at radius 1 is 1.40 bits per heavy atom. The van der Waals surface area contributed by atoms with Crippen molar-refractivity contribution in [3.8, 4) is 0 Å². The maximum atomic E-state index is 13.0. The highest BCUT2D eigenvalue weighted by Crippen LogP contribution is 2.38. The van der Waals surface area contributed by atoms with Gasteiger partial charge in [0.25, 0.3) is 0 Å². The Balaban J connectivity index is 1.84. The highest BCUT2D eigenvalue weighted by atomic mass is 35.5. The summed E-state index contributed by atoms with van der Waals surface area (Å²) in [5.74, 6) is -0.219. The number of halogens is 2. The molecule has 5 nitrogen and oxygen atoms in total. The topological polar surface area (TPSA) is 73.1 Å². The van der Waals surface area contributed by atoms with Gasteiger partial charge in [-0.2, -0.15) is 4.98 Å². The Bertz CT molecular complexity index is 756. The first-order valence-corrected chi connectivity index (χ1v) is 7.99. The summed E-state index contributed by atoms with van der Waals surface area (Å²) in [6.07, 6.45) is 2.00. The van der Waals surface area contributed by atoms with Gasteiger partial charge < -0.3 is 4.52 Å². The largest absolute Gasteiger partial charge is 0.338 e. The van der Waals surface area contributed by atoms with Crippen LogP contribution in [0.3, 0.4) is 0 Å². The SMILES string of the molecule is O=S(=O)(Cc1nc(C2CC2)no1)c1ccc(F)c(Cl)c1. The smallest absolute Gasteiger partial charge is 0.242 e. The van der Waals surface area contributed by atoms with Crippen molar-refractivity contribution in [2.45, 2.75) is 29.4 Å². The zero-order chi connectivity index (χ0) is 14.3. The monoisotopic (exact) mass is 316 g/mol. The molecule has 1 aliphatic rings. The van der Waals surface area contributed by atoms with Crippen molar-refractivity contribution in [2.24, 2.45) is 0 Å². The van der Waals surface area contributed by atoms with Gasteiger partial charge in [-0.05, 0) is 31.0 Å². The number of rotatable bonds is 4. The number of benzene rings is 1. The molecule has 0 unspecified atom stereocenters. The maximum absolute atomic E-state index is 13.0. The Labute approximate surface area is 119 Å². The second-order valence-electron chi connectivity index (χ2n) is 4.66. The van der Waals surface area contributed by atoms with E-state index in [0.717, 1.165) is 31.0 Å². The molecule has 1 aromatic carbocycles. The summed E-state index contributed by atoms with van der Waals surface area (Å²) in [7, 11) is -3.69. The van der Waals surface area contributed by atoms with Gasteiger partial charge in [0.15, 0.2) is 15.7 Å². The summed E-state index contributed by atoms with van der Waals surface area (Å²) >= 11 is 5.59. The lowest BCUT2D eigenvalue weighted by Crippen LogP contribution is -2.05. The number of hydrogen-bond donors (Lipinski definition) is 0. The molecule has 0 atom stereocenters. The Morgan fingerprint density at radius 3 is 2.80 bits per heavy atom. The van der Waals surface area contributed by atoms with Crippen LogP contribution in [0.1, 0.15) is 30.5 Å². The molecular weight excluding hydrogens is 307 g/mol. The van der Waals surface area contributed by atoms with Crippen LogP contribution in [0.15, 0.2) is 27.6 Å². The fourth-order valence-electron chi connectivity index (χ4n) is 1.75. The predicted octanol–water partition coefficient (Wildman–Crippen LogP) is 2.71. The zero-order valence-electron chi connectivity index (χ0n) is 10.2. The van der Waals surface area contributed by atoms with Gasteiger partial charge in [-0.1, -0.05) is 16.8 Å². The summed E-state index contributed by atoms with van der Waals surface area (Å²) in [6, 6.07) is 3.25. The zero-order valence-corrected chi connectivity index (χ0v) is 11.8. The molecule has 2 aromatic rings. The van der Waals surface area contributed by atoms with Crippen LogP contribution in [0.4, 0.5) is 4.39 Å². The van der Waals surface area contributed by atoms with Crippen LogP contribution in [-0.2, 0) is 15.6 Å². The summed E-state index contributed by atoms with van der Waals surface area (Å²) in [4.78, 5) is 3.98. The van der Waals surface area contributed by atoms with Crippen molar-refractivity contribution in [1.29, 1.82) is 0 Å². The lowest BCUT2D eigenvalue weighted by Gasteiger charge is -2.02. The Hall–Kier alpha value is -1.47. The third-order valence-corrected chi connectivity index (χ3v) is 4.88. The molecular formula is C12H10ClFN2O3S. The number of aromatic nitrogens is 2. The van der Waals surface area contributed by atoms with Crippen molar-refractivity contribution >= 4 is 21.4 Å². The van der Waals surface area contributed by atoms with Gasteiger partial charge in [-0.3, -0.25) is 0 Å². The van der Waals surface area contributed by atoms with Gasteiger partial charge in [-0.25, -0.2) is 12.8 Å². The fraction of sp³-hybridized carbons (Fsp3) is 0.333. The summed E-state index contributed by atoms with van der Waals surface area (Å²) < 4.78 is 42.3. The van der Waals surface area contributed by atoms with E-state index in [0.29, 0.717) is 5.82 Å². The lowest BCUT2D eigenvalue weighted by atomic mass is 10.3. The first-order chi connectivity index (χ1) is 9.45. The first kappa shape index (κ1) is 13.5. The van der Waals surface area contributed by atoms with Gasteiger partial charge in [0, 0.05) is 5.92 Å². The molecule has 20 heavy (non-hydrogen) atoms. The lowest BCUT2D eigenvalue weighted by molar-refractivity contribution is 0.383. The van der Waals surface area contributed by atoms with E-state index in [1.54, 1.807) is 0 Å². The summed E-state index contributed by atoms with van der Waals surface area (Å²) in [5.41, 5.74) is 0. The standard InChI is InChI=1S/C12H10ClFN2O3S/c13-9-5-8(3-4-10(9)14)20(17,18)6-11-15-12(16-19-11)7-1-2-7/h3-5,7H,1-2,6H2. The van der Waals surface area contributed by atoms with Crippen molar-refractivity contribution in [1.82, 2.24) is 10.1 Å². The highest BCUT2D eigenvalue weighted by molar-refractivity contribution is 7.90.